The number of nitrogens with zero attached hydrogens (tertiary/aromatic N) is 2. The summed E-state index contributed by atoms with van der Waals surface area (Å²) in [5, 5.41) is 3.69. The van der Waals surface area contributed by atoms with Crippen molar-refractivity contribution in [3.05, 3.63) is 47.3 Å². The lowest BCUT2D eigenvalue weighted by molar-refractivity contribution is -0.141. The molecule has 6 heteroatoms. The van der Waals surface area contributed by atoms with Crippen molar-refractivity contribution in [2.24, 2.45) is 5.73 Å². The fourth-order valence-electron chi connectivity index (χ4n) is 1.93. The molecule has 0 unspecified atom stereocenters. The molecule has 0 aliphatic heterocycles. The average Bonchev–Trinajstić information content (AvgIpc) is 2.84. The molecule has 1 aromatic carbocycles. The van der Waals surface area contributed by atoms with Crippen molar-refractivity contribution in [1.82, 2.24) is 9.78 Å². The quantitative estimate of drug-likeness (QED) is 0.937. The Morgan fingerprint density at radius 1 is 1.20 bits per heavy atom. The van der Waals surface area contributed by atoms with E-state index in [9.17, 15) is 13.2 Å². The summed E-state index contributed by atoms with van der Waals surface area (Å²) in [6.45, 7) is 4.06. The van der Waals surface area contributed by atoms with Crippen LogP contribution in [0.4, 0.5) is 13.2 Å². The Morgan fingerprint density at radius 3 is 2.25 bits per heavy atom. The normalized spacial score (nSPS) is 12.2. The van der Waals surface area contributed by atoms with Crippen molar-refractivity contribution in [2.75, 3.05) is 0 Å². The molecule has 2 rings (SSSR count). The first kappa shape index (κ1) is 14.6. The van der Waals surface area contributed by atoms with Crippen LogP contribution in [0.1, 0.15) is 36.7 Å². The van der Waals surface area contributed by atoms with Gasteiger partial charge < -0.3 is 5.73 Å². The molecule has 0 fully saturated rings. The summed E-state index contributed by atoms with van der Waals surface area (Å²) in [6.07, 6.45) is -4.44. The van der Waals surface area contributed by atoms with Crippen LogP contribution in [0.15, 0.2) is 30.3 Å². The first-order valence-electron chi connectivity index (χ1n) is 6.29. The summed E-state index contributed by atoms with van der Waals surface area (Å²) in [5.41, 5.74) is 6.68. The fraction of sp³-hybridized carbons (Fsp3) is 0.357. The molecule has 0 amide bonds. The molecule has 0 aliphatic carbocycles. The predicted molar refractivity (Wildman–Crippen MR) is 70.5 cm³/mol. The maximum atomic E-state index is 12.8. The third-order valence-corrected chi connectivity index (χ3v) is 3.04. The number of hydrogen-bond acceptors (Lipinski definition) is 2. The van der Waals surface area contributed by atoms with Crippen LogP contribution >= 0.6 is 0 Å². The molecule has 2 aromatic rings. The van der Waals surface area contributed by atoms with Crippen molar-refractivity contribution in [1.29, 1.82) is 0 Å². The van der Waals surface area contributed by atoms with E-state index in [-0.39, 0.29) is 5.92 Å². The molecular formula is C14H16F3N3. The minimum absolute atomic E-state index is 0.0622. The largest absolute Gasteiger partial charge is 0.435 e. The summed E-state index contributed by atoms with van der Waals surface area (Å²) in [4.78, 5) is 0. The lowest BCUT2D eigenvalue weighted by Gasteiger charge is -2.10. The summed E-state index contributed by atoms with van der Waals surface area (Å²) < 4.78 is 39.7. The monoisotopic (exact) mass is 283 g/mol. The highest BCUT2D eigenvalue weighted by Crippen LogP contribution is 2.31. The Morgan fingerprint density at radius 2 is 1.80 bits per heavy atom. The van der Waals surface area contributed by atoms with Crippen molar-refractivity contribution < 1.29 is 13.2 Å². The summed E-state index contributed by atoms with van der Waals surface area (Å²) in [6, 6.07) is 8.12. The Balaban J connectivity index is 2.50. The van der Waals surface area contributed by atoms with E-state index in [0.717, 1.165) is 11.6 Å². The summed E-state index contributed by atoms with van der Waals surface area (Å²) in [7, 11) is 0. The third kappa shape index (κ3) is 2.85. The molecule has 0 spiro atoms. The highest BCUT2D eigenvalue weighted by atomic mass is 19.4. The molecule has 0 saturated carbocycles. The molecule has 108 valence electrons. The van der Waals surface area contributed by atoms with Crippen molar-refractivity contribution in [2.45, 2.75) is 32.5 Å². The molecule has 1 heterocycles. The van der Waals surface area contributed by atoms with Gasteiger partial charge in [-0.3, -0.25) is 0 Å². The number of rotatable bonds is 3. The minimum atomic E-state index is -4.44. The highest BCUT2D eigenvalue weighted by Gasteiger charge is 2.35. The Bertz CT molecular complexity index is 583. The van der Waals surface area contributed by atoms with Gasteiger partial charge in [0.2, 0.25) is 0 Å². The van der Waals surface area contributed by atoms with Gasteiger partial charge in [0, 0.05) is 12.2 Å². The maximum absolute atomic E-state index is 12.8. The van der Waals surface area contributed by atoms with Crippen LogP contribution < -0.4 is 5.73 Å². The second kappa shape index (κ2) is 5.28. The van der Waals surface area contributed by atoms with Crippen LogP contribution in [0.25, 0.3) is 5.69 Å². The smallest absolute Gasteiger partial charge is 0.326 e. The van der Waals surface area contributed by atoms with E-state index in [0.29, 0.717) is 17.9 Å². The number of hydrogen-bond donors (Lipinski definition) is 1. The zero-order valence-corrected chi connectivity index (χ0v) is 11.3. The second-order valence-corrected chi connectivity index (χ2v) is 4.89. The Kier molecular flexibility index (Phi) is 3.85. The molecule has 2 N–H and O–H groups in total. The number of halogens is 3. The maximum Gasteiger partial charge on any atom is 0.435 e. The van der Waals surface area contributed by atoms with E-state index < -0.39 is 11.9 Å². The van der Waals surface area contributed by atoms with Crippen LogP contribution in [0.5, 0.6) is 0 Å². The van der Waals surface area contributed by atoms with E-state index in [1.807, 2.05) is 13.8 Å². The number of benzene rings is 1. The number of aromatic nitrogens is 2. The van der Waals surface area contributed by atoms with Gasteiger partial charge in [-0.05, 0) is 29.7 Å². The van der Waals surface area contributed by atoms with Crippen molar-refractivity contribution in [3.8, 4) is 5.69 Å². The Hall–Kier alpha value is -1.82. The van der Waals surface area contributed by atoms with Crippen molar-refractivity contribution >= 4 is 0 Å². The van der Waals surface area contributed by atoms with Crippen LogP contribution in [0.3, 0.4) is 0 Å². The van der Waals surface area contributed by atoms with Crippen LogP contribution in [0, 0.1) is 0 Å². The molecule has 0 saturated heterocycles. The molecule has 1 aromatic heterocycles. The summed E-state index contributed by atoms with van der Waals surface area (Å²) >= 11 is 0. The third-order valence-electron chi connectivity index (χ3n) is 3.04. The zero-order valence-electron chi connectivity index (χ0n) is 11.3. The number of alkyl halides is 3. The molecular weight excluding hydrogens is 267 g/mol. The predicted octanol–water partition coefficient (Wildman–Crippen LogP) is 3.47. The molecule has 3 nitrogen and oxygen atoms in total. The van der Waals surface area contributed by atoms with E-state index >= 15 is 0 Å². The Labute approximate surface area is 115 Å². The molecule has 20 heavy (non-hydrogen) atoms. The first-order valence-corrected chi connectivity index (χ1v) is 6.29. The van der Waals surface area contributed by atoms with Gasteiger partial charge in [0.15, 0.2) is 5.69 Å². The van der Waals surface area contributed by atoms with Crippen molar-refractivity contribution in [3.63, 3.8) is 0 Å². The topological polar surface area (TPSA) is 43.8 Å². The van der Waals surface area contributed by atoms with Gasteiger partial charge in [-0.15, -0.1) is 0 Å². The lowest BCUT2D eigenvalue weighted by Crippen LogP contribution is -2.08. The zero-order chi connectivity index (χ0) is 14.9. The van der Waals surface area contributed by atoms with Crippen LogP contribution in [-0.2, 0) is 12.7 Å². The van der Waals surface area contributed by atoms with E-state index in [2.05, 4.69) is 5.10 Å². The molecule has 0 radical (unpaired) electrons. The second-order valence-electron chi connectivity index (χ2n) is 4.89. The van der Waals surface area contributed by atoms with Gasteiger partial charge in [-0.25, -0.2) is 4.68 Å². The minimum Gasteiger partial charge on any atom is -0.326 e. The first-order chi connectivity index (χ1) is 9.32. The van der Waals surface area contributed by atoms with E-state index in [4.69, 9.17) is 5.73 Å². The molecule has 0 atom stereocenters. The fourth-order valence-corrected chi connectivity index (χ4v) is 1.93. The lowest BCUT2D eigenvalue weighted by atomic mass is 10.1. The van der Waals surface area contributed by atoms with Crippen LogP contribution in [0.2, 0.25) is 0 Å². The van der Waals surface area contributed by atoms with Gasteiger partial charge in [-0.2, -0.15) is 18.3 Å². The van der Waals surface area contributed by atoms with Gasteiger partial charge in [0.25, 0.3) is 0 Å². The SMILES string of the molecule is CC(C)c1cc(C(F)(F)F)nn1-c1ccc(CN)cc1. The standard InChI is InChI=1S/C14H16F3N3/c1-9(2)12-7-13(14(15,16)17)19-20(12)11-5-3-10(8-18)4-6-11/h3-7,9H,8,18H2,1-2H3. The van der Waals surface area contributed by atoms with Gasteiger partial charge >= 0.3 is 6.18 Å². The van der Waals surface area contributed by atoms with Gasteiger partial charge in [0.05, 0.1) is 5.69 Å². The number of nitrogens with two attached hydrogens (primary N) is 1. The van der Waals surface area contributed by atoms with E-state index in [1.165, 1.54) is 4.68 Å². The van der Waals surface area contributed by atoms with E-state index in [1.54, 1.807) is 24.3 Å². The highest BCUT2D eigenvalue weighted by molar-refractivity contribution is 5.37. The van der Waals surface area contributed by atoms with Gasteiger partial charge in [-0.1, -0.05) is 26.0 Å². The van der Waals surface area contributed by atoms with Crippen LogP contribution in [-0.4, -0.2) is 9.78 Å². The molecule has 0 aliphatic rings. The average molecular weight is 283 g/mol. The van der Waals surface area contributed by atoms with Gasteiger partial charge in [0.1, 0.15) is 0 Å². The molecule has 0 bridgehead atoms. The summed E-state index contributed by atoms with van der Waals surface area (Å²) in [5.74, 6) is -0.0622.